The van der Waals surface area contributed by atoms with Gasteiger partial charge in [0, 0.05) is 36.3 Å². The minimum absolute atomic E-state index is 0. The number of guanidine groups is 1. The van der Waals surface area contributed by atoms with E-state index in [4.69, 9.17) is 0 Å². The molecule has 0 saturated carbocycles. The zero-order valence-corrected chi connectivity index (χ0v) is 19.7. The average Bonchev–Trinajstić information content (AvgIpc) is 3.22. The van der Waals surface area contributed by atoms with Crippen LogP contribution in [0.2, 0.25) is 0 Å². The maximum atomic E-state index is 12.0. The number of nitrogens with one attached hydrogen (secondary N) is 3. The lowest BCUT2D eigenvalue weighted by atomic mass is 10.1. The first-order valence-electron chi connectivity index (χ1n) is 8.95. The van der Waals surface area contributed by atoms with Gasteiger partial charge in [0.2, 0.25) is 5.91 Å². The van der Waals surface area contributed by atoms with E-state index in [1.54, 1.807) is 11.3 Å². The summed E-state index contributed by atoms with van der Waals surface area (Å²) in [4.78, 5) is 17.8. The number of nitrogens with zero attached hydrogens (tertiary/aromatic N) is 1. The van der Waals surface area contributed by atoms with Crippen LogP contribution in [0.25, 0.3) is 0 Å². The van der Waals surface area contributed by atoms with Gasteiger partial charge in [-0.25, -0.2) is 8.42 Å². The Bertz CT molecular complexity index is 708. The number of halogens is 1. The minimum atomic E-state index is -2.98. The summed E-state index contributed by atoms with van der Waals surface area (Å²) >= 11 is 1.73. The molecule has 0 aliphatic carbocycles. The number of hydrogen-bond donors (Lipinski definition) is 3. The largest absolute Gasteiger partial charge is 0.357 e. The first kappa shape index (κ1) is 24.2. The molecule has 2 unspecified atom stereocenters. The number of carbonyl (C=O) groups excluding carboxylic acids is 1. The minimum Gasteiger partial charge on any atom is -0.357 e. The van der Waals surface area contributed by atoms with E-state index in [-0.39, 0.29) is 53.9 Å². The quantitative estimate of drug-likeness (QED) is 0.271. The number of sulfone groups is 1. The maximum Gasteiger partial charge on any atom is 0.222 e. The molecule has 0 radical (unpaired) electrons. The van der Waals surface area contributed by atoms with Gasteiger partial charge in [0.25, 0.3) is 0 Å². The van der Waals surface area contributed by atoms with E-state index in [1.165, 1.54) is 4.88 Å². The molecule has 0 aromatic carbocycles. The number of thiophene rings is 1. The summed E-state index contributed by atoms with van der Waals surface area (Å²) in [6.07, 6.45) is 0.785. The van der Waals surface area contributed by atoms with Gasteiger partial charge in [-0.3, -0.25) is 9.79 Å². The van der Waals surface area contributed by atoms with Crippen LogP contribution in [0.3, 0.4) is 0 Å². The molecule has 0 bridgehead atoms. The Balaban J connectivity index is 0.00000364. The van der Waals surface area contributed by atoms with Gasteiger partial charge in [-0.1, -0.05) is 13.0 Å². The molecule has 2 atom stereocenters. The van der Waals surface area contributed by atoms with Crippen molar-refractivity contribution in [3.8, 4) is 0 Å². The van der Waals surface area contributed by atoms with E-state index in [9.17, 15) is 13.2 Å². The Morgan fingerprint density at radius 2 is 2.19 bits per heavy atom. The van der Waals surface area contributed by atoms with Crippen molar-refractivity contribution in [1.29, 1.82) is 0 Å². The topological polar surface area (TPSA) is 99.7 Å². The van der Waals surface area contributed by atoms with Gasteiger partial charge in [0.1, 0.15) is 0 Å². The second-order valence-electron chi connectivity index (χ2n) is 6.48. The van der Waals surface area contributed by atoms with E-state index < -0.39 is 9.84 Å². The Kier molecular flexibility index (Phi) is 10.6. The van der Waals surface area contributed by atoms with Crippen LogP contribution < -0.4 is 16.0 Å². The van der Waals surface area contributed by atoms with Crippen molar-refractivity contribution in [2.24, 2.45) is 4.99 Å². The fraction of sp³-hybridized carbons (Fsp3) is 0.647. The third-order valence-electron chi connectivity index (χ3n) is 4.14. The molecule has 2 rings (SSSR count). The molecule has 1 fully saturated rings. The summed E-state index contributed by atoms with van der Waals surface area (Å²) in [5.41, 5.74) is 0. The zero-order valence-electron chi connectivity index (χ0n) is 15.7. The van der Waals surface area contributed by atoms with Crippen LogP contribution in [0.1, 0.15) is 37.5 Å². The van der Waals surface area contributed by atoms with Crippen LogP contribution in [0.4, 0.5) is 0 Å². The molecule has 3 N–H and O–H groups in total. The molecule has 2 heterocycles. The molecule has 154 valence electrons. The maximum absolute atomic E-state index is 12.0. The van der Waals surface area contributed by atoms with Crippen LogP contribution in [0.15, 0.2) is 22.5 Å². The Hall–Kier alpha value is -0.880. The predicted octanol–water partition coefficient (Wildman–Crippen LogP) is 1.72. The number of aliphatic imine (C=N–C) groups is 1. The van der Waals surface area contributed by atoms with Crippen molar-refractivity contribution >= 4 is 57.0 Å². The smallest absolute Gasteiger partial charge is 0.222 e. The van der Waals surface area contributed by atoms with Gasteiger partial charge in [0.05, 0.1) is 18.1 Å². The summed E-state index contributed by atoms with van der Waals surface area (Å²) in [7, 11) is -2.98. The molecule has 10 heteroatoms. The van der Waals surface area contributed by atoms with Crippen LogP contribution in [0, 0.1) is 0 Å². The third kappa shape index (κ3) is 8.77. The first-order chi connectivity index (χ1) is 12.4. The molecular weight excluding hydrogens is 499 g/mol. The second-order valence-corrected chi connectivity index (χ2v) is 9.69. The Labute approximate surface area is 182 Å². The van der Waals surface area contributed by atoms with Crippen molar-refractivity contribution in [2.75, 3.05) is 31.1 Å². The van der Waals surface area contributed by atoms with Crippen molar-refractivity contribution < 1.29 is 13.2 Å². The molecule has 1 saturated heterocycles. The second kappa shape index (κ2) is 11.8. The van der Waals surface area contributed by atoms with E-state index in [0.29, 0.717) is 31.4 Å². The Morgan fingerprint density at radius 3 is 2.78 bits per heavy atom. The van der Waals surface area contributed by atoms with Gasteiger partial charge in [-0.2, -0.15) is 0 Å². The van der Waals surface area contributed by atoms with E-state index in [2.05, 4.69) is 39.3 Å². The molecule has 7 nitrogen and oxygen atoms in total. The van der Waals surface area contributed by atoms with E-state index in [0.717, 1.165) is 6.54 Å². The molecule has 1 aliphatic heterocycles. The highest BCUT2D eigenvalue weighted by atomic mass is 127. The van der Waals surface area contributed by atoms with Crippen LogP contribution in [0.5, 0.6) is 0 Å². The normalized spacial score (nSPS) is 19.8. The van der Waals surface area contributed by atoms with Gasteiger partial charge >= 0.3 is 0 Å². The fourth-order valence-corrected chi connectivity index (χ4v) is 5.19. The number of amides is 1. The third-order valence-corrected chi connectivity index (χ3v) is 7.01. The molecule has 1 amide bonds. The van der Waals surface area contributed by atoms with E-state index in [1.807, 2.05) is 13.0 Å². The van der Waals surface area contributed by atoms with Crippen molar-refractivity contribution in [3.05, 3.63) is 22.4 Å². The van der Waals surface area contributed by atoms with Crippen LogP contribution in [-0.2, 0) is 14.6 Å². The molecule has 1 aromatic rings. The van der Waals surface area contributed by atoms with Gasteiger partial charge in [-0.15, -0.1) is 35.3 Å². The summed E-state index contributed by atoms with van der Waals surface area (Å²) in [5, 5.41) is 11.2. The summed E-state index contributed by atoms with van der Waals surface area (Å²) in [5.74, 6) is 1.11. The molecule has 0 spiro atoms. The average molecular weight is 528 g/mol. The predicted molar refractivity (Wildman–Crippen MR) is 122 cm³/mol. The fourth-order valence-electron chi connectivity index (χ4n) is 2.73. The molecule has 1 aromatic heterocycles. The van der Waals surface area contributed by atoms with Crippen molar-refractivity contribution in [1.82, 2.24) is 16.0 Å². The summed E-state index contributed by atoms with van der Waals surface area (Å²) < 4.78 is 22.8. The zero-order chi connectivity index (χ0) is 19.0. The lowest BCUT2D eigenvalue weighted by Gasteiger charge is -2.14. The van der Waals surface area contributed by atoms with Gasteiger partial charge in [-0.05, 0) is 24.8 Å². The monoisotopic (exact) mass is 528 g/mol. The number of carbonyl (C=O) groups is 1. The standard InChI is InChI=1S/C17H28N4O3S2.HI/c1-3-18-17(20-11-13(2)15-5-4-9-25-15)19-8-6-16(22)21-14-7-10-26(23,24)12-14;/h4-5,9,13-14H,3,6-8,10-12H2,1-2H3,(H,21,22)(H2,18,19,20);1H. The summed E-state index contributed by atoms with van der Waals surface area (Å²) in [6, 6.07) is 3.90. The lowest BCUT2D eigenvalue weighted by Crippen LogP contribution is -2.41. The summed E-state index contributed by atoms with van der Waals surface area (Å²) in [6.45, 7) is 5.99. The van der Waals surface area contributed by atoms with Gasteiger partial charge in [0.15, 0.2) is 15.8 Å². The molecular formula is C17H29IN4O3S2. The highest BCUT2D eigenvalue weighted by Gasteiger charge is 2.28. The lowest BCUT2D eigenvalue weighted by molar-refractivity contribution is -0.121. The Morgan fingerprint density at radius 1 is 1.41 bits per heavy atom. The number of hydrogen-bond acceptors (Lipinski definition) is 5. The molecule has 27 heavy (non-hydrogen) atoms. The SMILES string of the molecule is CCNC(=NCC(C)c1cccs1)NCCC(=O)NC1CCS(=O)(=O)C1.I. The van der Waals surface area contributed by atoms with E-state index >= 15 is 0 Å². The highest BCUT2D eigenvalue weighted by Crippen LogP contribution is 2.20. The highest BCUT2D eigenvalue weighted by molar-refractivity contribution is 14.0. The van der Waals surface area contributed by atoms with Crippen molar-refractivity contribution in [3.63, 3.8) is 0 Å². The van der Waals surface area contributed by atoms with Gasteiger partial charge < -0.3 is 16.0 Å². The van der Waals surface area contributed by atoms with Crippen molar-refractivity contribution in [2.45, 2.75) is 38.6 Å². The van der Waals surface area contributed by atoms with Crippen LogP contribution >= 0.6 is 35.3 Å². The first-order valence-corrected chi connectivity index (χ1v) is 11.6. The number of rotatable bonds is 8. The molecule has 1 aliphatic rings. The van der Waals surface area contributed by atoms with Crippen LogP contribution in [-0.4, -0.2) is 57.5 Å².